The minimum absolute atomic E-state index is 0.0258. The summed E-state index contributed by atoms with van der Waals surface area (Å²) < 4.78 is 15.4. The quantitative estimate of drug-likeness (QED) is 0.775. The van der Waals surface area contributed by atoms with Gasteiger partial charge in [0.15, 0.2) is 0 Å². The van der Waals surface area contributed by atoms with E-state index in [2.05, 4.69) is 15.4 Å². The molecule has 1 unspecified atom stereocenters. The molecule has 0 saturated heterocycles. The molecule has 0 radical (unpaired) electrons. The van der Waals surface area contributed by atoms with E-state index in [-0.39, 0.29) is 24.0 Å². The maximum absolute atomic E-state index is 14.0. The molecule has 7 heteroatoms. The molecule has 0 aliphatic heterocycles. The number of carbonyl (C=O) groups is 1. The van der Waals surface area contributed by atoms with Crippen LogP contribution in [-0.4, -0.2) is 38.9 Å². The number of amides is 1. The number of hydrogen-bond donors (Lipinski definition) is 2. The second-order valence-electron chi connectivity index (χ2n) is 5.79. The average Bonchev–Trinajstić information content (AvgIpc) is 2.97. The fourth-order valence-corrected chi connectivity index (χ4v) is 2.31. The van der Waals surface area contributed by atoms with Gasteiger partial charge in [0.1, 0.15) is 17.3 Å². The highest BCUT2D eigenvalue weighted by Crippen LogP contribution is 2.15. The van der Waals surface area contributed by atoms with Gasteiger partial charge in [-0.2, -0.15) is 0 Å². The Hall–Kier alpha value is -2.28. The van der Waals surface area contributed by atoms with Gasteiger partial charge in [0.25, 0.3) is 5.91 Å². The number of aryl methyl sites for hydroxylation is 1. The van der Waals surface area contributed by atoms with Crippen LogP contribution in [0.15, 0.2) is 24.3 Å². The second-order valence-corrected chi connectivity index (χ2v) is 5.79. The lowest BCUT2D eigenvalue weighted by molar-refractivity contribution is 0.0935. The van der Waals surface area contributed by atoms with Crippen molar-refractivity contribution in [1.82, 2.24) is 20.1 Å². The number of rotatable bonds is 8. The van der Waals surface area contributed by atoms with Gasteiger partial charge in [-0.05, 0) is 30.9 Å². The van der Waals surface area contributed by atoms with Crippen LogP contribution in [0.4, 0.5) is 4.39 Å². The van der Waals surface area contributed by atoms with Crippen LogP contribution in [0.2, 0.25) is 0 Å². The summed E-state index contributed by atoms with van der Waals surface area (Å²) in [4.78, 5) is 16.5. The molecule has 1 atom stereocenters. The van der Waals surface area contributed by atoms with E-state index in [9.17, 15) is 9.18 Å². The molecule has 2 rings (SSSR count). The number of para-hydroxylation sites is 1. The van der Waals surface area contributed by atoms with Crippen molar-refractivity contribution in [2.45, 2.75) is 33.1 Å². The molecule has 0 bridgehead atoms. The molecule has 24 heavy (non-hydrogen) atoms. The predicted octanol–water partition coefficient (Wildman–Crippen LogP) is 2.11. The third kappa shape index (κ3) is 4.38. The molecule has 130 valence electrons. The second kappa shape index (κ2) is 8.54. The molecule has 1 heterocycles. The fourth-order valence-electron chi connectivity index (χ4n) is 2.31. The molecule has 2 aromatic rings. The highest BCUT2D eigenvalue weighted by Gasteiger charge is 2.18. The van der Waals surface area contributed by atoms with Crippen molar-refractivity contribution in [2.75, 3.05) is 13.2 Å². The number of halogens is 1. The van der Waals surface area contributed by atoms with Crippen LogP contribution >= 0.6 is 0 Å². The molecule has 0 saturated carbocycles. The van der Waals surface area contributed by atoms with E-state index in [4.69, 9.17) is 5.11 Å². The van der Waals surface area contributed by atoms with E-state index < -0.39 is 11.7 Å². The van der Waals surface area contributed by atoms with Crippen molar-refractivity contribution < 1.29 is 14.3 Å². The Morgan fingerprint density at radius 2 is 2.17 bits per heavy atom. The Balaban J connectivity index is 2.22. The number of aliphatic hydroxyl groups excluding tert-OH is 1. The number of nitrogens with zero attached hydrogens (tertiary/aromatic N) is 3. The molecule has 1 aromatic carbocycles. The Morgan fingerprint density at radius 1 is 1.42 bits per heavy atom. The molecular formula is C17H23FN4O2. The highest BCUT2D eigenvalue weighted by molar-refractivity contribution is 5.90. The van der Waals surface area contributed by atoms with Gasteiger partial charge < -0.3 is 10.4 Å². The van der Waals surface area contributed by atoms with Gasteiger partial charge in [-0.25, -0.2) is 14.1 Å². The van der Waals surface area contributed by atoms with Crippen molar-refractivity contribution in [3.05, 3.63) is 41.7 Å². The predicted molar refractivity (Wildman–Crippen MR) is 88.5 cm³/mol. The largest absolute Gasteiger partial charge is 0.396 e. The van der Waals surface area contributed by atoms with Crippen molar-refractivity contribution in [2.24, 2.45) is 5.92 Å². The first-order valence-electron chi connectivity index (χ1n) is 8.16. The van der Waals surface area contributed by atoms with Crippen LogP contribution in [0, 0.1) is 11.7 Å². The summed E-state index contributed by atoms with van der Waals surface area (Å²) in [6.45, 7) is 4.43. The lowest BCUT2D eigenvalue weighted by Crippen LogP contribution is -2.29. The Morgan fingerprint density at radius 3 is 2.83 bits per heavy atom. The van der Waals surface area contributed by atoms with Gasteiger partial charge in [0.2, 0.25) is 5.82 Å². The monoisotopic (exact) mass is 334 g/mol. The number of hydrogen-bond acceptors (Lipinski definition) is 4. The topological polar surface area (TPSA) is 80.0 Å². The number of aromatic nitrogens is 3. The molecule has 1 aromatic heterocycles. The summed E-state index contributed by atoms with van der Waals surface area (Å²) in [6.07, 6.45) is 2.01. The minimum Gasteiger partial charge on any atom is -0.396 e. The van der Waals surface area contributed by atoms with E-state index in [0.29, 0.717) is 25.2 Å². The summed E-state index contributed by atoms with van der Waals surface area (Å²) in [5, 5.41) is 15.8. The van der Waals surface area contributed by atoms with Gasteiger partial charge in [0.05, 0.1) is 0 Å². The molecule has 6 nitrogen and oxygen atoms in total. The molecule has 0 aliphatic rings. The van der Waals surface area contributed by atoms with E-state index >= 15 is 0 Å². The number of carbonyl (C=O) groups excluding carboxylic acids is 1. The van der Waals surface area contributed by atoms with E-state index in [1.165, 1.54) is 10.7 Å². The van der Waals surface area contributed by atoms with Crippen LogP contribution in [0.5, 0.6) is 0 Å². The summed E-state index contributed by atoms with van der Waals surface area (Å²) in [7, 11) is 0. The van der Waals surface area contributed by atoms with Crippen molar-refractivity contribution in [1.29, 1.82) is 0 Å². The van der Waals surface area contributed by atoms with Crippen molar-refractivity contribution in [3.63, 3.8) is 0 Å². The summed E-state index contributed by atoms with van der Waals surface area (Å²) in [5.74, 6) is -0.0766. The van der Waals surface area contributed by atoms with Crippen molar-refractivity contribution >= 4 is 5.91 Å². The SMILES string of the molecule is CCCc1nc(C(=O)NCC(C)CCO)nn1-c1ccccc1F. The lowest BCUT2D eigenvalue weighted by Gasteiger charge is -2.09. The number of aliphatic hydroxyl groups is 1. The first kappa shape index (κ1) is 18.1. The zero-order valence-corrected chi connectivity index (χ0v) is 14.0. The fraction of sp³-hybridized carbons (Fsp3) is 0.471. The normalized spacial score (nSPS) is 12.2. The third-order valence-electron chi connectivity index (χ3n) is 3.66. The van der Waals surface area contributed by atoms with E-state index in [1.807, 2.05) is 13.8 Å². The van der Waals surface area contributed by atoms with Gasteiger partial charge in [-0.15, -0.1) is 5.10 Å². The van der Waals surface area contributed by atoms with Crippen LogP contribution in [0.1, 0.15) is 43.1 Å². The first-order chi connectivity index (χ1) is 11.6. The smallest absolute Gasteiger partial charge is 0.290 e. The van der Waals surface area contributed by atoms with Crippen LogP contribution in [0.3, 0.4) is 0 Å². The summed E-state index contributed by atoms with van der Waals surface area (Å²) >= 11 is 0. The molecule has 1 amide bonds. The maximum Gasteiger partial charge on any atom is 0.290 e. The van der Waals surface area contributed by atoms with Gasteiger partial charge in [-0.3, -0.25) is 4.79 Å². The zero-order valence-electron chi connectivity index (χ0n) is 14.0. The van der Waals surface area contributed by atoms with Crippen LogP contribution in [-0.2, 0) is 6.42 Å². The standard InChI is InChI=1S/C17H23FN4O2/c1-3-6-15-20-16(17(24)19-11-12(2)9-10-23)21-22(15)14-8-5-4-7-13(14)18/h4-5,7-8,12,23H,3,6,9-11H2,1-2H3,(H,19,24). The summed E-state index contributed by atoms with van der Waals surface area (Å²) in [5.41, 5.74) is 0.279. The molecule has 0 fully saturated rings. The van der Waals surface area contributed by atoms with Gasteiger partial charge in [0, 0.05) is 19.6 Å². The Labute approximate surface area is 140 Å². The first-order valence-corrected chi connectivity index (χ1v) is 8.16. The number of nitrogens with one attached hydrogen (secondary N) is 1. The highest BCUT2D eigenvalue weighted by atomic mass is 19.1. The van der Waals surface area contributed by atoms with Crippen LogP contribution in [0.25, 0.3) is 5.69 Å². The molecule has 2 N–H and O–H groups in total. The molecular weight excluding hydrogens is 311 g/mol. The average molecular weight is 334 g/mol. The minimum atomic E-state index is -0.414. The lowest BCUT2D eigenvalue weighted by atomic mass is 10.1. The van der Waals surface area contributed by atoms with Gasteiger partial charge >= 0.3 is 0 Å². The van der Waals surface area contributed by atoms with Crippen LogP contribution < -0.4 is 5.32 Å². The third-order valence-corrected chi connectivity index (χ3v) is 3.66. The zero-order chi connectivity index (χ0) is 17.5. The Bertz CT molecular complexity index is 687. The summed E-state index contributed by atoms with van der Waals surface area (Å²) in [6, 6.07) is 6.27. The van der Waals surface area contributed by atoms with E-state index in [0.717, 1.165) is 6.42 Å². The molecule has 0 aliphatic carbocycles. The molecule has 0 spiro atoms. The van der Waals surface area contributed by atoms with E-state index in [1.54, 1.807) is 18.2 Å². The van der Waals surface area contributed by atoms with Crippen molar-refractivity contribution in [3.8, 4) is 5.69 Å². The number of benzene rings is 1. The van der Waals surface area contributed by atoms with Gasteiger partial charge in [-0.1, -0.05) is 26.0 Å². The maximum atomic E-state index is 14.0. The Kier molecular flexibility index (Phi) is 6.43.